The molecule has 1 aromatic heterocycles. The summed E-state index contributed by atoms with van der Waals surface area (Å²) in [4.78, 5) is 8.20. The minimum atomic E-state index is -0.125. The summed E-state index contributed by atoms with van der Waals surface area (Å²) in [6.45, 7) is 32.2. The van der Waals surface area contributed by atoms with Gasteiger partial charge in [0, 0.05) is 50.6 Å². The lowest BCUT2D eigenvalue weighted by Crippen LogP contribution is -2.64. The van der Waals surface area contributed by atoms with Gasteiger partial charge in [-0.2, -0.15) is 0 Å². The van der Waals surface area contributed by atoms with Crippen molar-refractivity contribution < 1.29 is 4.42 Å². The number of anilines is 8. The highest BCUT2D eigenvalue weighted by molar-refractivity contribution is 7.00. The molecule has 1 saturated carbocycles. The fraction of sp³-hybridized carbons (Fsp3) is 0.368. The van der Waals surface area contributed by atoms with Crippen LogP contribution >= 0.6 is 0 Å². The Morgan fingerprint density at radius 1 is 0.457 bits per heavy atom. The molecular weight excluding hydrogens is 982 g/mol. The molecule has 81 heavy (non-hydrogen) atoms. The van der Waals surface area contributed by atoms with Crippen LogP contribution < -0.4 is 31.1 Å². The Balaban J connectivity index is 1.07. The second kappa shape index (κ2) is 16.8. The second-order valence-corrected chi connectivity index (χ2v) is 29.7. The third-order valence-electron chi connectivity index (χ3n) is 22.1. The fourth-order valence-electron chi connectivity index (χ4n) is 16.8. The minimum Gasteiger partial charge on any atom is -0.456 e. The third kappa shape index (κ3) is 7.15. The van der Waals surface area contributed by atoms with Crippen LogP contribution in [0.3, 0.4) is 0 Å². The fourth-order valence-corrected chi connectivity index (χ4v) is 16.8. The summed E-state index contributed by atoms with van der Waals surface area (Å²) in [5, 5.41) is 2.27. The Kier molecular flexibility index (Phi) is 10.6. The topological polar surface area (TPSA) is 22.9 Å². The van der Waals surface area contributed by atoms with Crippen LogP contribution in [0, 0.1) is 0 Å². The molecule has 5 heteroatoms. The summed E-state index contributed by atoms with van der Waals surface area (Å²) in [7, 11) is 0. The number of hydrogen-bond acceptors (Lipinski definition) is 4. The quantitative estimate of drug-likeness (QED) is 0.160. The van der Waals surface area contributed by atoms with E-state index in [2.05, 4.69) is 256 Å². The maximum absolute atomic E-state index is 6.83. The van der Waals surface area contributed by atoms with Gasteiger partial charge in [0.2, 0.25) is 0 Å². The minimum absolute atomic E-state index is 0.0212. The van der Waals surface area contributed by atoms with Crippen LogP contribution in [0.5, 0.6) is 0 Å². The Labute approximate surface area is 482 Å². The Morgan fingerprint density at radius 3 is 1.70 bits per heavy atom. The van der Waals surface area contributed by atoms with Crippen molar-refractivity contribution in [3.05, 3.63) is 185 Å². The van der Waals surface area contributed by atoms with E-state index in [0.717, 1.165) is 52.6 Å². The van der Waals surface area contributed by atoms with Crippen molar-refractivity contribution in [1.29, 1.82) is 0 Å². The van der Waals surface area contributed by atoms with Gasteiger partial charge in [0.05, 0.1) is 16.6 Å². The first-order valence-electron chi connectivity index (χ1n) is 30.7. The molecule has 0 spiro atoms. The molecule has 0 bridgehead atoms. The number of fused-ring (bicyclic) bond motifs is 12. The Bertz CT molecular complexity index is 4050. The van der Waals surface area contributed by atoms with E-state index in [1.54, 1.807) is 5.56 Å². The van der Waals surface area contributed by atoms with Gasteiger partial charge in [0.15, 0.2) is 0 Å². The Hall–Kier alpha value is -6.98. The van der Waals surface area contributed by atoms with Crippen LogP contribution in [0.4, 0.5) is 45.5 Å². The highest BCUT2D eigenvalue weighted by Gasteiger charge is 2.62. The van der Waals surface area contributed by atoms with Crippen molar-refractivity contribution >= 4 is 90.5 Å². The van der Waals surface area contributed by atoms with Gasteiger partial charge in [-0.25, -0.2) is 0 Å². The van der Waals surface area contributed by atoms with E-state index in [1.165, 1.54) is 122 Å². The zero-order chi connectivity index (χ0) is 56.1. The molecule has 2 unspecified atom stereocenters. The van der Waals surface area contributed by atoms with Crippen molar-refractivity contribution in [2.24, 2.45) is 0 Å². The molecule has 4 nitrogen and oxygen atoms in total. The standard InChI is InChI=1S/C76H80BN3O/c1-70(2,3)49-42-58-69-60(43-49)77-59-33-30-52(78(50-28-31-54-56(44-50)73(8,9)38-36-71(54,4)5)51-29-32-55-57(45-51)74(10,11)39-37-72(55,6)7)46-62(59)79(61-25-21-27-66-67(61)53-24-17-18-26-65(53)81-66)63-40-48(47-22-15-14-16-23-47)41-64(68(63)77)80(69)76(13)35-20-19-34-75(58,76)12/h14-18,21-33,40-46H,19-20,34-39H2,1-13H3. The molecular formula is C76H80BN3O. The summed E-state index contributed by atoms with van der Waals surface area (Å²) in [5.41, 5.74) is 27.3. The maximum atomic E-state index is 6.83. The molecule has 2 atom stereocenters. The van der Waals surface area contributed by atoms with E-state index in [4.69, 9.17) is 4.42 Å². The van der Waals surface area contributed by atoms with Crippen LogP contribution in [0.2, 0.25) is 0 Å². The van der Waals surface area contributed by atoms with Gasteiger partial charge in [0.1, 0.15) is 11.2 Å². The predicted molar refractivity (Wildman–Crippen MR) is 345 cm³/mol. The van der Waals surface area contributed by atoms with E-state index in [1.807, 2.05) is 0 Å². The molecule has 0 amide bonds. The maximum Gasteiger partial charge on any atom is 0.252 e. The highest BCUT2D eigenvalue weighted by Crippen LogP contribution is 2.63. The molecule has 4 heterocycles. The van der Waals surface area contributed by atoms with E-state index >= 15 is 0 Å². The number of para-hydroxylation sites is 1. The average Bonchev–Trinajstić information content (AvgIpc) is 1.79. The van der Waals surface area contributed by atoms with E-state index in [9.17, 15) is 0 Å². The number of rotatable bonds is 5. The first-order valence-corrected chi connectivity index (χ1v) is 30.7. The van der Waals surface area contributed by atoms with Gasteiger partial charge in [-0.1, -0.05) is 181 Å². The van der Waals surface area contributed by atoms with Crippen LogP contribution in [-0.2, 0) is 32.5 Å². The van der Waals surface area contributed by atoms with Crippen molar-refractivity contribution in [3.8, 4) is 11.1 Å². The van der Waals surface area contributed by atoms with Crippen LogP contribution in [-0.4, -0.2) is 12.3 Å². The highest BCUT2D eigenvalue weighted by atomic mass is 16.3. The second-order valence-electron chi connectivity index (χ2n) is 29.7. The lowest BCUT2D eigenvalue weighted by Gasteiger charge is -2.53. The molecule has 408 valence electrons. The molecule has 3 aliphatic heterocycles. The van der Waals surface area contributed by atoms with Crippen molar-refractivity contribution in [1.82, 2.24) is 0 Å². The van der Waals surface area contributed by atoms with E-state index < -0.39 is 0 Å². The Morgan fingerprint density at radius 2 is 1.04 bits per heavy atom. The largest absolute Gasteiger partial charge is 0.456 e. The third-order valence-corrected chi connectivity index (χ3v) is 22.1. The van der Waals surface area contributed by atoms with E-state index in [-0.39, 0.29) is 44.7 Å². The number of furan rings is 1. The van der Waals surface area contributed by atoms with Crippen LogP contribution in [0.15, 0.2) is 156 Å². The molecule has 0 radical (unpaired) electrons. The summed E-state index contributed by atoms with van der Waals surface area (Å²) in [5.74, 6) is 0. The summed E-state index contributed by atoms with van der Waals surface area (Å²) in [6.07, 6.45) is 9.47. The average molecular weight is 1060 g/mol. The molecule has 3 aliphatic carbocycles. The zero-order valence-electron chi connectivity index (χ0n) is 50.4. The zero-order valence-corrected chi connectivity index (χ0v) is 50.4. The number of hydrogen-bond donors (Lipinski definition) is 0. The first kappa shape index (κ1) is 50.9. The SMILES string of the molecule is CC(C)(C)c1cc2c3c(c1)C1(C)CCCCC1(C)N3c1cc(-c3ccccc3)cc3c1B2c1ccc(N(c2ccc4c(c2)C(C)(C)CCC4(C)C)c2ccc4c(c2)C(C)(C)CCC4(C)C)cc1N3c1cccc2oc3ccccc3c12. The van der Waals surface area contributed by atoms with Gasteiger partial charge < -0.3 is 19.1 Å². The molecule has 8 aromatic carbocycles. The summed E-state index contributed by atoms with van der Waals surface area (Å²) in [6, 6.07) is 59.6. The first-order chi connectivity index (χ1) is 38.5. The number of benzene rings is 8. The number of nitrogens with zero attached hydrogens (tertiary/aromatic N) is 3. The van der Waals surface area contributed by atoms with E-state index in [0.29, 0.717) is 0 Å². The van der Waals surface area contributed by atoms with Gasteiger partial charge in [-0.15, -0.1) is 0 Å². The molecule has 6 aliphatic rings. The normalized spacial score (nSPS) is 22.2. The monoisotopic (exact) mass is 1060 g/mol. The van der Waals surface area contributed by atoms with Crippen LogP contribution in [0.1, 0.15) is 175 Å². The van der Waals surface area contributed by atoms with Gasteiger partial charge in [-0.3, -0.25) is 0 Å². The van der Waals surface area contributed by atoms with Crippen LogP contribution in [0.25, 0.3) is 33.1 Å². The smallest absolute Gasteiger partial charge is 0.252 e. The summed E-state index contributed by atoms with van der Waals surface area (Å²) < 4.78 is 6.83. The summed E-state index contributed by atoms with van der Waals surface area (Å²) >= 11 is 0. The van der Waals surface area contributed by atoms with Gasteiger partial charge in [-0.05, 0) is 200 Å². The molecule has 15 rings (SSSR count). The van der Waals surface area contributed by atoms with Gasteiger partial charge in [0.25, 0.3) is 6.71 Å². The molecule has 0 saturated heterocycles. The van der Waals surface area contributed by atoms with Gasteiger partial charge >= 0.3 is 0 Å². The molecule has 9 aromatic rings. The lowest BCUT2D eigenvalue weighted by atomic mass is 9.33. The lowest BCUT2D eigenvalue weighted by molar-refractivity contribution is 0.195. The molecule has 0 N–H and O–H groups in total. The van der Waals surface area contributed by atoms with Crippen molar-refractivity contribution in [2.75, 3.05) is 14.7 Å². The predicted octanol–water partition coefficient (Wildman–Crippen LogP) is 19.1. The van der Waals surface area contributed by atoms with Crippen molar-refractivity contribution in [2.45, 2.75) is 179 Å². The molecule has 1 fully saturated rings. The van der Waals surface area contributed by atoms with Crippen molar-refractivity contribution in [3.63, 3.8) is 0 Å².